The third kappa shape index (κ3) is 5.51. The minimum absolute atomic E-state index is 0.129. The number of rotatable bonds is 11. The molecule has 0 heterocycles. The fourth-order valence-corrected chi connectivity index (χ4v) is 3.44. The average molecular weight is 401 g/mol. The molecule has 0 atom stereocenters. The molecule has 2 aromatic carbocycles. The molecule has 29 heavy (non-hydrogen) atoms. The lowest BCUT2D eigenvalue weighted by Crippen LogP contribution is -2.05. The Bertz CT molecular complexity index is 854. The van der Waals surface area contributed by atoms with Crippen molar-refractivity contribution in [3.05, 3.63) is 41.5 Å². The van der Waals surface area contributed by atoms with Crippen molar-refractivity contribution in [2.24, 2.45) is 0 Å². The van der Waals surface area contributed by atoms with Crippen molar-refractivity contribution < 1.29 is 23.7 Å². The van der Waals surface area contributed by atoms with Crippen LogP contribution in [0.4, 0.5) is 0 Å². The Morgan fingerprint density at radius 2 is 1.93 bits per heavy atom. The van der Waals surface area contributed by atoms with Gasteiger partial charge >= 0.3 is 5.97 Å². The average Bonchev–Trinajstić information content (AvgIpc) is 2.74. The smallest absolute Gasteiger partial charge is 0.331 e. The Kier molecular flexibility index (Phi) is 9.00. The van der Waals surface area contributed by atoms with Gasteiger partial charge in [-0.15, -0.1) is 0 Å². The number of carbonyl (C=O) groups excluding carboxylic acids is 1. The number of ether oxygens (including phenoxy) is 4. The molecule has 0 amide bonds. The van der Waals surface area contributed by atoms with Crippen LogP contribution in [0.25, 0.3) is 16.3 Å². The fraction of sp³-hybridized carbons (Fsp3) is 0.458. The summed E-state index contributed by atoms with van der Waals surface area (Å²) in [6.45, 7) is 6.54. The van der Waals surface area contributed by atoms with Crippen LogP contribution < -0.4 is 9.47 Å². The minimum atomic E-state index is -0.322. The number of allylic oxidation sites excluding steroid dienone is 1. The van der Waals surface area contributed by atoms with Crippen molar-refractivity contribution in [2.75, 3.05) is 27.6 Å². The monoisotopic (exact) mass is 400 g/mol. The van der Waals surface area contributed by atoms with Crippen molar-refractivity contribution in [3.8, 4) is 11.5 Å². The minimum Gasteiger partial charge on any atom is -0.493 e. The van der Waals surface area contributed by atoms with Crippen molar-refractivity contribution in [2.45, 2.75) is 46.5 Å². The lowest BCUT2D eigenvalue weighted by molar-refractivity contribution is -0.137. The molecule has 0 unspecified atom stereocenters. The van der Waals surface area contributed by atoms with E-state index in [1.54, 1.807) is 20.3 Å². The third-order valence-electron chi connectivity index (χ3n) is 4.81. The van der Waals surface area contributed by atoms with Crippen LogP contribution in [0.1, 0.15) is 51.2 Å². The first kappa shape index (κ1) is 22.8. The van der Waals surface area contributed by atoms with Gasteiger partial charge in [0.2, 0.25) is 0 Å². The molecule has 5 nitrogen and oxygen atoms in total. The summed E-state index contributed by atoms with van der Waals surface area (Å²) >= 11 is 0. The van der Waals surface area contributed by atoms with Crippen molar-refractivity contribution in [1.29, 1.82) is 0 Å². The van der Waals surface area contributed by atoms with Gasteiger partial charge in [-0.3, -0.25) is 0 Å². The summed E-state index contributed by atoms with van der Waals surface area (Å²) in [5, 5.41) is 2.02. The number of hydrogen-bond acceptors (Lipinski definition) is 5. The summed E-state index contributed by atoms with van der Waals surface area (Å²) in [5.74, 6) is 0.963. The van der Waals surface area contributed by atoms with Gasteiger partial charge in [0.1, 0.15) is 0 Å². The van der Waals surface area contributed by atoms with E-state index in [2.05, 4.69) is 26.0 Å². The summed E-state index contributed by atoms with van der Waals surface area (Å²) < 4.78 is 21.9. The number of methoxy groups -OCH3 is 2. The summed E-state index contributed by atoms with van der Waals surface area (Å²) in [6, 6.07) is 8.15. The molecule has 158 valence electrons. The van der Waals surface area contributed by atoms with Gasteiger partial charge in [-0.1, -0.05) is 38.5 Å². The molecule has 0 spiro atoms. The third-order valence-corrected chi connectivity index (χ3v) is 4.81. The predicted octanol–water partition coefficient (Wildman–Crippen LogP) is 5.53. The molecule has 0 saturated carbocycles. The number of aryl methyl sites for hydroxylation is 1. The van der Waals surface area contributed by atoms with E-state index in [1.165, 1.54) is 0 Å². The van der Waals surface area contributed by atoms with Gasteiger partial charge in [-0.05, 0) is 54.3 Å². The molecule has 0 fully saturated rings. The summed E-state index contributed by atoms with van der Waals surface area (Å²) in [4.78, 5) is 12.2. The summed E-state index contributed by atoms with van der Waals surface area (Å²) in [5.41, 5.74) is 3.07. The maximum absolute atomic E-state index is 12.2. The highest BCUT2D eigenvalue weighted by molar-refractivity contribution is 6.04. The van der Waals surface area contributed by atoms with E-state index in [0.717, 1.165) is 53.2 Å². The van der Waals surface area contributed by atoms with E-state index >= 15 is 0 Å². The van der Waals surface area contributed by atoms with Gasteiger partial charge in [0.25, 0.3) is 0 Å². The largest absolute Gasteiger partial charge is 0.493 e. The van der Waals surface area contributed by atoms with Gasteiger partial charge in [-0.25, -0.2) is 4.79 Å². The molecule has 5 heteroatoms. The molecule has 0 aliphatic rings. The molecule has 0 aliphatic carbocycles. The zero-order valence-electron chi connectivity index (χ0n) is 18.2. The Balaban J connectivity index is 2.78. The number of esters is 1. The lowest BCUT2D eigenvalue weighted by atomic mass is 9.91. The molecule has 2 aromatic rings. The predicted molar refractivity (Wildman–Crippen MR) is 117 cm³/mol. The number of fused-ring (bicyclic) bond motifs is 1. The molecular weight excluding hydrogens is 368 g/mol. The second kappa shape index (κ2) is 11.5. The fourth-order valence-electron chi connectivity index (χ4n) is 3.44. The van der Waals surface area contributed by atoms with Crippen molar-refractivity contribution in [1.82, 2.24) is 0 Å². The second-order valence-corrected chi connectivity index (χ2v) is 6.72. The quantitative estimate of drug-likeness (QED) is 0.282. The second-order valence-electron chi connectivity index (χ2n) is 6.72. The summed E-state index contributed by atoms with van der Waals surface area (Å²) in [6.07, 6.45) is 5.25. The van der Waals surface area contributed by atoms with E-state index < -0.39 is 0 Å². The van der Waals surface area contributed by atoms with E-state index in [0.29, 0.717) is 18.1 Å². The van der Waals surface area contributed by atoms with Crippen LogP contribution in [0.2, 0.25) is 0 Å². The lowest BCUT2D eigenvalue weighted by Gasteiger charge is -2.19. The van der Waals surface area contributed by atoms with Crippen molar-refractivity contribution in [3.63, 3.8) is 0 Å². The highest BCUT2D eigenvalue weighted by atomic mass is 16.7. The highest BCUT2D eigenvalue weighted by Crippen LogP contribution is 2.43. The molecule has 0 aliphatic heterocycles. The van der Waals surface area contributed by atoms with Crippen LogP contribution in [-0.2, 0) is 20.7 Å². The van der Waals surface area contributed by atoms with Crippen LogP contribution in [0, 0.1) is 0 Å². The maximum Gasteiger partial charge on any atom is 0.331 e. The Labute approximate surface area is 173 Å². The highest BCUT2D eigenvalue weighted by Gasteiger charge is 2.19. The first-order chi connectivity index (χ1) is 14.1. The van der Waals surface area contributed by atoms with Gasteiger partial charge in [0.15, 0.2) is 18.3 Å². The Hall–Kier alpha value is -2.53. The zero-order valence-corrected chi connectivity index (χ0v) is 18.2. The van der Waals surface area contributed by atoms with Crippen LogP contribution in [-0.4, -0.2) is 33.6 Å². The Morgan fingerprint density at radius 1 is 1.14 bits per heavy atom. The SMILES string of the molecule is CCCC/C(=C\C(=O)OCC)c1cc(OC)c(OCOC)c2c(CC)cccc12. The zero-order chi connectivity index (χ0) is 21.2. The normalized spacial score (nSPS) is 11.6. The molecule has 0 N–H and O–H groups in total. The van der Waals surface area contributed by atoms with E-state index in [4.69, 9.17) is 18.9 Å². The number of benzene rings is 2. The van der Waals surface area contributed by atoms with E-state index in [1.807, 2.05) is 19.1 Å². The van der Waals surface area contributed by atoms with Gasteiger partial charge in [0, 0.05) is 18.6 Å². The number of carbonyl (C=O) groups is 1. The Morgan fingerprint density at radius 3 is 2.55 bits per heavy atom. The molecule has 2 rings (SSSR count). The first-order valence-electron chi connectivity index (χ1n) is 10.2. The van der Waals surface area contributed by atoms with Crippen LogP contribution in [0.15, 0.2) is 30.3 Å². The van der Waals surface area contributed by atoms with Gasteiger partial charge < -0.3 is 18.9 Å². The topological polar surface area (TPSA) is 54.0 Å². The van der Waals surface area contributed by atoms with E-state index in [9.17, 15) is 4.79 Å². The summed E-state index contributed by atoms with van der Waals surface area (Å²) in [7, 11) is 3.22. The molecule has 0 aromatic heterocycles. The van der Waals surface area contributed by atoms with Crippen molar-refractivity contribution >= 4 is 22.3 Å². The van der Waals surface area contributed by atoms with Gasteiger partial charge in [0.05, 0.1) is 13.7 Å². The maximum atomic E-state index is 12.2. The number of hydrogen-bond donors (Lipinski definition) is 0. The van der Waals surface area contributed by atoms with Crippen LogP contribution >= 0.6 is 0 Å². The molecule has 0 saturated heterocycles. The standard InChI is InChI=1S/C24H32O5/c1-6-9-11-18(14-22(25)28-8-3)20-15-21(27-5)24(29-16-26-4)23-17(7-2)12-10-13-19(20)23/h10,12-15H,6-9,11,16H2,1-5H3/b18-14+. The molecule has 0 radical (unpaired) electrons. The van der Waals surface area contributed by atoms with Crippen LogP contribution in [0.5, 0.6) is 11.5 Å². The van der Waals surface area contributed by atoms with E-state index in [-0.39, 0.29) is 12.8 Å². The molecular formula is C24H32O5. The van der Waals surface area contributed by atoms with Gasteiger partial charge in [-0.2, -0.15) is 0 Å². The number of unbranched alkanes of at least 4 members (excludes halogenated alkanes) is 1. The van der Waals surface area contributed by atoms with Crippen LogP contribution in [0.3, 0.4) is 0 Å². The molecule has 0 bridgehead atoms. The first-order valence-corrected chi connectivity index (χ1v) is 10.2.